The lowest BCUT2D eigenvalue weighted by Gasteiger charge is -2.00. The van der Waals surface area contributed by atoms with Gasteiger partial charge in [-0.3, -0.25) is 4.79 Å². The van der Waals surface area contributed by atoms with Gasteiger partial charge in [-0.2, -0.15) is 0 Å². The van der Waals surface area contributed by atoms with E-state index in [9.17, 15) is 9.59 Å². The summed E-state index contributed by atoms with van der Waals surface area (Å²) in [7, 11) is 1.25. The Hall–Kier alpha value is -1.40. The predicted molar refractivity (Wildman–Crippen MR) is 75.3 cm³/mol. The van der Waals surface area contributed by atoms with Crippen molar-refractivity contribution in [3.63, 3.8) is 0 Å². The Morgan fingerprint density at radius 3 is 2.21 bits per heavy atom. The molecule has 0 amide bonds. The van der Waals surface area contributed by atoms with Crippen LogP contribution in [0.2, 0.25) is 0 Å². The maximum Gasteiger partial charge on any atom is 0.373 e. The summed E-state index contributed by atoms with van der Waals surface area (Å²) in [5, 5.41) is 0. The van der Waals surface area contributed by atoms with Crippen LogP contribution in [0.3, 0.4) is 0 Å². The molecule has 0 atom stereocenters. The minimum Gasteiger partial charge on any atom is -0.463 e. The van der Waals surface area contributed by atoms with Gasteiger partial charge < -0.3 is 9.15 Å². The van der Waals surface area contributed by atoms with Gasteiger partial charge in [0.25, 0.3) is 0 Å². The summed E-state index contributed by atoms with van der Waals surface area (Å²) in [5.41, 5.74) is 0.451. The molecule has 98 valence electrons. The first-order valence-corrected chi connectivity index (χ1v) is 6.79. The van der Waals surface area contributed by atoms with E-state index in [0.717, 1.165) is 8.95 Å². The Bertz CT molecular complexity index is 626. The van der Waals surface area contributed by atoms with Crippen LogP contribution < -0.4 is 0 Å². The van der Waals surface area contributed by atoms with Crippen molar-refractivity contribution < 1.29 is 18.7 Å². The van der Waals surface area contributed by atoms with Gasteiger partial charge in [0.2, 0.25) is 11.5 Å². The monoisotopic (exact) mass is 386 g/mol. The first kappa shape index (κ1) is 14.0. The second-order valence-corrected chi connectivity index (χ2v) is 5.47. The minimum absolute atomic E-state index is 0.0000810. The van der Waals surface area contributed by atoms with Gasteiger partial charge in [0.15, 0.2) is 5.76 Å². The number of hydrogen-bond acceptors (Lipinski definition) is 4. The van der Waals surface area contributed by atoms with Crippen LogP contribution >= 0.6 is 31.9 Å². The van der Waals surface area contributed by atoms with Crippen molar-refractivity contribution in [1.82, 2.24) is 0 Å². The molecule has 0 aliphatic rings. The molecule has 0 N–H and O–H groups in total. The van der Waals surface area contributed by atoms with Gasteiger partial charge in [-0.05, 0) is 30.3 Å². The molecule has 2 rings (SSSR count). The molecule has 2 aromatic rings. The largest absolute Gasteiger partial charge is 0.463 e. The van der Waals surface area contributed by atoms with Crippen LogP contribution in [-0.4, -0.2) is 18.9 Å². The number of halogens is 2. The van der Waals surface area contributed by atoms with Crippen molar-refractivity contribution in [3.05, 3.63) is 56.4 Å². The number of methoxy groups -OCH3 is 1. The molecule has 0 saturated heterocycles. The number of rotatable bonds is 3. The highest BCUT2D eigenvalue weighted by atomic mass is 79.9. The third-order valence-corrected chi connectivity index (χ3v) is 3.26. The van der Waals surface area contributed by atoms with Gasteiger partial charge in [-0.25, -0.2) is 4.79 Å². The lowest BCUT2D eigenvalue weighted by Crippen LogP contribution is -2.01. The lowest BCUT2D eigenvalue weighted by atomic mass is 10.1. The summed E-state index contributed by atoms with van der Waals surface area (Å²) in [4.78, 5) is 23.4. The zero-order chi connectivity index (χ0) is 14.0. The highest BCUT2D eigenvalue weighted by molar-refractivity contribution is 9.11. The van der Waals surface area contributed by atoms with E-state index in [0.29, 0.717) is 5.56 Å². The third kappa shape index (κ3) is 3.13. The number of carbonyl (C=O) groups is 2. The Balaban J connectivity index is 2.33. The van der Waals surface area contributed by atoms with Crippen LogP contribution in [0.5, 0.6) is 0 Å². The molecular formula is C13H8Br2O4. The van der Waals surface area contributed by atoms with Crippen molar-refractivity contribution in [2.24, 2.45) is 0 Å². The quantitative estimate of drug-likeness (QED) is 0.593. The third-order valence-electron chi connectivity index (χ3n) is 2.34. The van der Waals surface area contributed by atoms with E-state index in [1.54, 1.807) is 12.1 Å². The summed E-state index contributed by atoms with van der Waals surface area (Å²) in [6.45, 7) is 0. The molecule has 0 aliphatic heterocycles. The highest BCUT2D eigenvalue weighted by Crippen LogP contribution is 2.22. The zero-order valence-corrected chi connectivity index (χ0v) is 12.9. The number of esters is 1. The van der Waals surface area contributed by atoms with E-state index in [2.05, 4.69) is 36.6 Å². The predicted octanol–water partition coefficient (Wildman–Crippen LogP) is 3.82. The summed E-state index contributed by atoms with van der Waals surface area (Å²) in [5.74, 6) is -0.836. The molecule has 1 aromatic carbocycles. The topological polar surface area (TPSA) is 56.5 Å². The van der Waals surface area contributed by atoms with Crippen molar-refractivity contribution in [1.29, 1.82) is 0 Å². The number of carbonyl (C=O) groups excluding carboxylic acids is 2. The van der Waals surface area contributed by atoms with E-state index < -0.39 is 5.97 Å². The maximum absolute atomic E-state index is 12.2. The molecule has 0 unspecified atom stereocenters. The first-order chi connectivity index (χ1) is 9.01. The molecule has 0 radical (unpaired) electrons. The molecule has 0 aliphatic carbocycles. The van der Waals surface area contributed by atoms with Crippen LogP contribution in [0.15, 0.2) is 43.7 Å². The second kappa shape index (κ2) is 5.71. The van der Waals surface area contributed by atoms with Crippen molar-refractivity contribution in [2.75, 3.05) is 7.11 Å². The summed E-state index contributed by atoms with van der Waals surface area (Å²) < 4.78 is 11.2. The van der Waals surface area contributed by atoms with Crippen molar-refractivity contribution in [3.8, 4) is 0 Å². The Labute approximate surface area is 126 Å². The number of ether oxygens (including phenoxy) is 1. The van der Waals surface area contributed by atoms with Gasteiger partial charge in [0.05, 0.1) is 7.11 Å². The van der Waals surface area contributed by atoms with Gasteiger partial charge in [0.1, 0.15) is 0 Å². The smallest absolute Gasteiger partial charge is 0.373 e. The molecule has 1 heterocycles. The zero-order valence-electron chi connectivity index (χ0n) is 9.78. The van der Waals surface area contributed by atoms with Crippen LogP contribution in [0.25, 0.3) is 0 Å². The number of furan rings is 1. The fourth-order valence-electron chi connectivity index (χ4n) is 1.50. The molecule has 4 nitrogen and oxygen atoms in total. The lowest BCUT2D eigenvalue weighted by molar-refractivity contribution is 0.0563. The first-order valence-electron chi connectivity index (χ1n) is 5.20. The normalized spacial score (nSPS) is 10.3. The van der Waals surface area contributed by atoms with Gasteiger partial charge in [-0.15, -0.1) is 0 Å². The van der Waals surface area contributed by atoms with Gasteiger partial charge in [0, 0.05) is 14.5 Å². The molecule has 1 aromatic heterocycles. The van der Waals surface area contributed by atoms with Crippen LogP contribution in [-0.2, 0) is 4.74 Å². The van der Waals surface area contributed by atoms with E-state index in [1.807, 2.05) is 6.07 Å². The number of hydrogen-bond donors (Lipinski definition) is 0. The fourth-order valence-corrected chi connectivity index (χ4v) is 2.79. The highest BCUT2D eigenvalue weighted by Gasteiger charge is 2.18. The van der Waals surface area contributed by atoms with Gasteiger partial charge in [-0.1, -0.05) is 31.9 Å². The molecular weight excluding hydrogens is 380 g/mol. The number of benzene rings is 1. The molecule has 0 bridgehead atoms. The molecule has 0 saturated carbocycles. The second-order valence-electron chi connectivity index (χ2n) is 3.64. The van der Waals surface area contributed by atoms with Gasteiger partial charge >= 0.3 is 5.97 Å². The van der Waals surface area contributed by atoms with Crippen molar-refractivity contribution >= 4 is 43.6 Å². The summed E-state index contributed by atoms with van der Waals surface area (Å²) in [6, 6.07) is 8.02. The van der Waals surface area contributed by atoms with E-state index >= 15 is 0 Å². The van der Waals surface area contributed by atoms with Crippen LogP contribution in [0.4, 0.5) is 0 Å². The van der Waals surface area contributed by atoms with E-state index in [4.69, 9.17) is 4.42 Å². The van der Waals surface area contributed by atoms with Crippen LogP contribution in [0, 0.1) is 0 Å². The van der Waals surface area contributed by atoms with E-state index in [-0.39, 0.29) is 17.3 Å². The Morgan fingerprint density at radius 1 is 1.05 bits per heavy atom. The molecule has 19 heavy (non-hydrogen) atoms. The maximum atomic E-state index is 12.2. The molecule has 0 spiro atoms. The van der Waals surface area contributed by atoms with E-state index in [1.165, 1.54) is 19.2 Å². The Morgan fingerprint density at radius 2 is 1.63 bits per heavy atom. The summed E-state index contributed by atoms with van der Waals surface area (Å²) >= 11 is 6.61. The fraction of sp³-hybridized carbons (Fsp3) is 0.0769. The average Bonchev–Trinajstić information content (AvgIpc) is 2.85. The van der Waals surface area contributed by atoms with Crippen molar-refractivity contribution in [2.45, 2.75) is 0 Å². The number of ketones is 1. The summed E-state index contributed by atoms with van der Waals surface area (Å²) in [6.07, 6.45) is 0. The Kier molecular flexibility index (Phi) is 4.21. The molecule has 6 heteroatoms. The van der Waals surface area contributed by atoms with Crippen LogP contribution in [0.1, 0.15) is 26.7 Å². The minimum atomic E-state index is -0.616. The average molecular weight is 388 g/mol. The standard InChI is InChI=1S/C13H8Br2O4/c1-18-13(17)11-3-2-10(19-11)12(16)7-4-8(14)6-9(15)5-7/h2-6H,1H3. The SMILES string of the molecule is COC(=O)c1ccc(C(=O)c2cc(Br)cc(Br)c2)o1. The molecule has 0 fully saturated rings.